The Morgan fingerprint density at radius 1 is 1.42 bits per heavy atom. The van der Waals surface area contributed by atoms with Gasteiger partial charge in [-0.1, -0.05) is 11.6 Å². The van der Waals surface area contributed by atoms with Crippen molar-refractivity contribution in [3.63, 3.8) is 0 Å². The summed E-state index contributed by atoms with van der Waals surface area (Å²) in [7, 11) is 1.55. The smallest absolute Gasteiger partial charge is 0.171 e. The Morgan fingerprint density at radius 3 is 2.89 bits per heavy atom. The van der Waals surface area contributed by atoms with Crippen molar-refractivity contribution in [2.75, 3.05) is 12.4 Å². The van der Waals surface area contributed by atoms with Crippen LogP contribution in [0, 0.1) is 18.3 Å². The topological polar surface area (TPSA) is 70.8 Å². The van der Waals surface area contributed by atoms with Crippen molar-refractivity contribution in [2.24, 2.45) is 0 Å². The van der Waals surface area contributed by atoms with Gasteiger partial charge in [0.2, 0.25) is 0 Å². The van der Waals surface area contributed by atoms with Gasteiger partial charge in [-0.3, -0.25) is 0 Å². The molecule has 0 amide bonds. The van der Waals surface area contributed by atoms with Crippen molar-refractivity contribution >= 4 is 23.1 Å². The van der Waals surface area contributed by atoms with Crippen molar-refractivity contribution in [3.05, 3.63) is 40.5 Å². The second-order valence-corrected chi connectivity index (χ2v) is 4.24. The van der Waals surface area contributed by atoms with Gasteiger partial charge in [0.25, 0.3) is 0 Å². The van der Waals surface area contributed by atoms with Gasteiger partial charge in [0.1, 0.15) is 11.8 Å². The summed E-state index contributed by atoms with van der Waals surface area (Å²) in [5.74, 6) is 0.954. The number of nitriles is 1. The van der Waals surface area contributed by atoms with E-state index < -0.39 is 0 Å². The van der Waals surface area contributed by atoms with E-state index in [-0.39, 0.29) is 0 Å². The maximum Gasteiger partial charge on any atom is 0.171 e. The van der Waals surface area contributed by atoms with Crippen molar-refractivity contribution in [3.8, 4) is 11.8 Å². The molecule has 1 aromatic heterocycles. The third-order valence-corrected chi connectivity index (χ3v) is 2.98. The van der Waals surface area contributed by atoms with Gasteiger partial charge >= 0.3 is 0 Å². The predicted octanol–water partition coefficient (Wildman–Crippen LogP) is 3.06. The summed E-state index contributed by atoms with van der Waals surface area (Å²) in [5, 5.41) is 20.3. The Balaban J connectivity index is 2.44. The van der Waals surface area contributed by atoms with Gasteiger partial charge in [0.05, 0.1) is 24.6 Å². The van der Waals surface area contributed by atoms with Crippen LogP contribution in [0.1, 0.15) is 11.1 Å². The highest BCUT2D eigenvalue weighted by Crippen LogP contribution is 2.33. The molecular weight excluding hydrogens is 264 g/mol. The highest BCUT2D eigenvalue weighted by Gasteiger charge is 2.10. The van der Waals surface area contributed by atoms with Crippen LogP contribution in [0.15, 0.2) is 24.4 Å². The standard InChI is InChI=1S/C13H11ClN4O/c1-8-5-11(12(19-2)6-10(8)14)17-13-9(7-15)3-4-16-18-13/h3-6H,1-2H3,(H,17,18). The number of anilines is 2. The zero-order chi connectivity index (χ0) is 13.8. The van der Waals surface area contributed by atoms with Gasteiger partial charge in [0, 0.05) is 11.1 Å². The Kier molecular flexibility index (Phi) is 3.83. The van der Waals surface area contributed by atoms with Crippen LogP contribution >= 0.6 is 11.6 Å². The first kappa shape index (κ1) is 13.1. The maximum absolute atomic E-state index is 9.01. The molecule has 0 unspecified atom stereocenters. The van der Waals surface area contributed by atoms with Crippen LogP contribution < -0.4 is 10.1 Å². The van der Waals surface area contributed by atoms with Crippen LogP contribution in [-0.2, 0) is 0 Å². The second kappa shape index (κ2) is 5.55. The summed E-state index contributed by atoms with van der Waals surface area (Å²) in [6, 6.07) is 7.18. The van der Waals surface area contributed by atoms with Crippen LogP contribution in [0.5, 0.6) is 5.75 Å². The number of hydrogen-bond acceptors (Lipinski definition) is 5. The third kappa shape index (κ3) is 2.75. The van der Waals surface area contributed by atoms with E-state index in [1.54, 1.807) is 19.2 Å². The van der Waals surface area contributed by atoms with E-state index in [2.05, 4.69) is 15.5 Å². The Hall–Kier alpha value is -2.32. The van der Waals surface area contributed by atoms with Gasteiger partial charge in [-0.05, 0) is 24.6 Å². The Morgan fingerprint density at radius 2 is 2.21 bits per heavy atom. The van der Waals surface area contributed by atoms with Crippen molar-refractivity contribution in [1.82, 2.24) is 10.2 Å². The van der Waals surface area contributed by atoms with Crippen molar-refractivity contribution in [2.45, 2.75) is 6.92 Å². The molecule has 0 aliphatic heterocycles. The normalized spacial score (nSPS) is 9.79. The molecule has 1 N–H and O–H groups in total. The molecule has 0 aliphatic rings. The summed E-state index contributed by atoms with van der Waals surface area (Å²) >= 11 is 6.04. The average Bonchev–Trinajstić information content (AvgIpc) is 2.43. The number of methoxy groups -OCH3 is 1. The second-order valence-electron chi connectivity index (χ2n) is 3.83. The first-order chi connectivity index (χ1) is 9.15. The molecule has 1 heterocycles. The molecule has 0 spiro atoms. The van der Waals surface area contributed by atoms with E-state index in [0.717, 1.165) is 5.56 Å². The third-order valence-electron chi connectivity index (χ3n) is 2.57. The molecule has 0 fully saturated rings. The monoisotopic (exact) mass is 274 g/mol. The Bertz CT molecular complexity index is 652. The lowest BCUT2D eigenvalue weighted by Gasteiger charge is -2.12. The van der Waals surface area contributed by atoms with Gasteiger partial charge in [-0.2, -0.15) is 10.4 Å². The fourth-order valence-corrected chi connectivity index (χ4v) is 1.73. The van der Waals surface area contributed by atoms with E-state index in [1.165, 1.54) is 6.20 Å². The molecule has 0 saturated heterocycles. The lowest BCUT2D eigenvalue weighted by atomic mass is 10.2. The molecule has 0 bridgehead atoms. The van der Waals surface area contributed by atoms with Gasteiger partial charge < -0.3 is 10.1 Å². The molecule has 5 nitrogen and oxygen atoms in total. The van der Waals surface area contributed by atoms with Crippen molar-refractivity contribution < 1.29 is 4.74 Å². The quantitative estimate of drug-likeness (QED) is 0.931. The van der Waals surface area contributed by atoms with E-state index in [0.29, 0.717) is 27.8 Å². The number of halogens is 1. The molecule has 0 radical (unpaired) electrons. The summed E-state index contributed by atoms with van der Waals surface area (Å²) in [6.45, 7) is 1.88. The first-order valence-corrected chi connectivity index (χ1v) is 5.86. The van der Waals surface area contributed by atoms with Crippen LogP contribution in [0.25, 0.3) is 0 Å². The molecular formula is C13H11ClN4O. The molecule has 0 aliphatic carbocycles. The zero-order valence-electron chi connectivity index (χ0n) is 10.4. The zero-order valence-corrected chi connectivity index (χ0v) is 11.2. The lowest BCUT2D eigenvalue weighted by Crippen LogP contribution is -2.01. The minimum Gasteiger partial charge on any atom is -0.495 e. The van der Waals surface area contributed by atoms with Gasteiger partial charge in [-0.25, -0.2) is 0 Å². The summed E-state index contributed by atoms with van der Waals surface area (Å²) < 4.78 is 5.25. The van der Waals surface area contributed by atoms with E-state index in [1.807, 2.05) is 19.1 Å². The molecule has 0 saturated carbocycles. The average molecular weight is 275 g/mol. The van der Waals surface area contributed by atoms with E-state index in [9.17, 15) is 0 Å². The van der Waals surface area contributed by atoms with E-state index >= 15 is 0 Å². The molecule has 0 atom stereocenters. The number of ether oxygens (including phenoxy) is 1. The Labute approximate surface area is 115 Å². The number of aryl methyl sites for hydroxylation is 1. The maximum atomic E-state index is 9.01. The molecule has 2 rings (SSSR count). The largest absolute Gasteiger partial charge is 0.495 e. The summed E-state index contributed by atoms with van der Waals surface area (Å²) in [5.41, 5.74) is 1.98. The summed E-state index contributed by atoms with van der Waals surface area (Å²) in [6.07, 6.45) is 1.47. The highest BCUT2D eigenvalue weighted by molar-refractivity contribution is 6.31. The molecule has 1 aromatic carbocycles. The van der Waals surface area contributed by atoms with E-state index in [4.69, 9.17) is 21.6 Å². The van der Waals surface area contributed by atoms with Crippen LogP contribution in [0.2, 0.25) is 5.02 Å². The van der Waals surface area contributed by atoms with Crippen LogP contribution in [0.4, 0.5) is 11.5 Å². The highest BCUT2D eigenvalue weighted by atomic mass is 35.5. The number of benzene rings is 1. The fraction of sp³-hybridized carbons (Fsp3) is 0.154. The lowest BCUT2D eigenvalue weighted by molar-refractivity contribution is 0.416. The number of rotatable bonds is 3. The van der Waals surface area contributed by atoms with Gasteiger partial charge in [-0.15, -0.1) is 5.10 Å². The fourth-order valence-electron chi connectivity index (χ4n) is 1.57. The number of nitrogens with one attached hydrogen (secondary N) is 1. The first-order valence-electron chi connectivity index (χ1n) is 5.48. The number of hydrogen-bond donors (Lipinski definition) is 1. The number of aromatic nitrogens is 2. The molecule has 6 heteroatoms. The van der Waals surface area contributed by atoms with Crippen molar-refractivity contribution in [1.29, 1.82) is 5.26 Å². The summed E-state index contributed by atoms with van der Waals surface area (Å²) in [4.78, 5) is 0. The predicted molar refractivity (Wildman–Crippen MR) is 72.8 cm³/mol. The molecule has 19 heavy (non-hydrogen) atoms. The van der Waals surface area contributed by atoms with Crippen LogP contribution in [-0.4, -0.2) is 17.3 Å². The SMILES string of the molecule is COc1cc(Cl)c(C)cc1Nc1nnccc1C#N. The molecule has 2 aromatic rings. The van der Waals surface area contributed by atoms with Gasteiger partial charge in [0.15, 0.2) is 5.82 Å². The van der Waals surface area contributed by atoms with Crippen LogP contribution in [0.3, 0.4) is 0 Å². The minimum atomic E-state index is 0.380. The molecule has 96 valence electrons. The number of nitrogens with zero attached hydrogens (tertiary/aromatic N) is 3. The minimum absolute atomic E-state index is 0.380.